The molecule has 0 radical (unpaired) electrons. The first-order chi connectivity index (χ1) is 14.3. The molecule has 0 fully saturated rings. The van der Waals surface area contributed by atoms with Crippen LogP contribution in [0.3, 0.4) is 0 Å². The summed E-state index contributed by atoms with van der Waals surface area (Å²) in [4.78, 5) is 42.4. The van der Waals surface area contributed by atoms with Crippen LogP contribution in [0.25, 0.3) is 22.6 Å². The largest absolute Gasteiger partial charge is 0.468 e. The van der Waals surface area contributed by atoms with E-state index in [1.165, 1.54) is 18.7 Å². The summed E-state index contributed by atoms with van der Waals surface area (Å²) in [5.41, 5.74) is 3.22. The number of nitrogens with zero attached hydrogens (tertiary/aromatic N) is 5. The van der Waals surface area contributed by atoms with Gasteiger partial charge in [0.1, 0.15) is 6.54 Å². The van der Waals surface area contributed by atoms with E-state index in [2.05, 4.69) is 22.7 Å². The Morgan fingerprint density at radius 2 is 1.83 bits per heavy atom. The molecule has 0 amide bonds. The van der Waals surface area contributed by atoms with Gasteiger partial charge in [-0.05, 0) is 31.9 Å². The summed E-state index contributed by atoms with van der Waals surface area (Å²) < 4.78 is 10.6. The topological polar surface area (TPSA) is 92.5 Å². The van der Waals surface area contributed by atoms with Gasteiger partial charge in [-0.25, -0.2) is 9.36 Å². The molecule has 156 valence electrons. The van der Waals surface area contributed by atoms with Gasteiger partial charge in [-0.15, -0.1) is 0 Å². The normalized spacial score (nSPS) is 11.5. The number of methoxy groups -OCH3 is 1. The lowest BCUT2D eigenvalue weighted by molar-refractivity contribution is -0.141. The van der Waals surface area contributed by atoms with Gasteiger partial charge >= 0.3 is 11.7 Å². The molecule has 0 atom stereocenters. The molecule has 0 spiro atoms. The first-order valence-electron chi connectivity index (χ1n) is 9.66. The van der Waals surface area contributed by atoms with E-state index >= 15 is 0 Å². The Hall–Kier alpha value is -3.62. The molecule has 4 aromatic rings. The fourth-order valence-electron chi connectivity index (χ4n) is 3.90. The van der Waals surface area contributed by atoms with Crippen LogP contribution in [-0.2, 0) is 29.5 Å². The van der Waals surface area contributed by atoms with Crippen molar-refractivity contribution in [2.45, 2.75) is 33.7 Å². The molecule has 1 aromatic carbocycles. The predicted molar refractivity (Wildman–Crippen MR) is 112 cm³/mol. The molecule has 0 saturated heterocycles. The van der Waals surface area contributed by atoms with E-state index in [9.17, 15) is 14.4 Å². The van der Waals surface area contributed by atoms with E-state index in [-0.39, 0.29) is 11.2 Å². The number of hydrogen-bond donors (Lipinski definition) is 0. The van der Waals surface area contributed by atoms with Gasteiger partial charge in [0.15, 0.2) is 11.2 Å². The molecule has 0 saturated carbocycles. The summed E-state index contributed by atoms with van der Waals surface area (Å²) in [6.45, 7) is 5.50. The minimum Gasteiger partial charge on any atom is -0.468 e. The number of carbonyl (C=O) groups excluding carboxylic acids is 1. The van der Waals surface area contributed by atoms with Crippen LogP contribution in [0.2, 0.25) is 0 Å². The van der Waals surface area contributed by atoms with Crippen molar-refractivity contribution in [1.82, 2.24) is 23.1 Å². The fourth-order valence-corrected chi connectivity index (χ4v) is 3.90. The third-order valence-corrected chi connectivity index (χ3v) is 5.65. The Labute approximate surface area is 171 Å². The Morgan fingerprint density at radius 3 is 2.50 bits per heavy atom. The molecule has 9 nitrogen and oxygen atoms in total. The molecular formula is C21H23N5O4. The van der Waals surface area contributed by atoms with E-state index < -0.39 is 23.8 Å². The SMILES string of the molecule is CCc1ccccc1-n1c(C)c(C)n2c3c(=O)n(CC(=O)OC)c(=O)n(C)c3nc12. The monoisotopic (exact) mass is 409 g/mol. The molecule has 3 aromatic heterocycles. The van der Waals surface area contributed by atoms with Crippen LogP contribution >= 0.6 is 0 Å². The summed E-state index contributed by atoms with van der Waals surface area (Å²) in [6.07, 6.45) is 0.837. The van der Waals surface area contributed by atoms with Crippen LogP contribution < -0.4 is 11.2 Å². The maximum Gasteiger partial charge on any atom is 0.333 e. The van der Waals surface area contributed by atoms with E-state index in [1.807, 2.05) is 36.6 Å². The fraction of sp³-hybridized carbons (Fsp3) is 0.333. The van der Waals surface area contributed by atoms with Gasteiger partial charge in [-0.2, -0.15) is 4.98 Å². The molecule has 30 heavy (non-hydrogen) atoms. The summed E-state index contributed by atoms with van der Waals surface area (Å²) in [5, 5.41) is 0. The summed E-state index contributed by atoms with van der Waals surface area (Å²) in [5.74, 6) is -0.125. The third kappa shape index (κ3) is 2.62. The molecule has 4 rings (SSSR count). The van der Waals surface area contributed by atoms with E-state index in [0.717, 1.165) is 33.6 Å². The molecule has 3 heterocycles. The first kappa shape index (κ1) is 19.7. The lowest BCUT2D eigenvalue weighted by Crippen LogP contribution is -2.41. The van der Waals surface area contributed by atoms with Crippen molar-refractivity contribution in [3.63, 3.8) is 0 Å². The molecule has 0 aliphatic rings. The number of carbonyl (C=O) groups is 1. The molecule has 0 aliphatic carbocycles. The standard InChI is InChI=1S/C21H23N5O4/c1-6-14-9-7-8-10-15(14)25-12(2)13(3)26-17-18(22-20(25)26)23(4)21(29)24(19(17)28)11-16(27)30-5/h7-10H,6,11H2,1-5H3. The summed E-state index contributed by atoms with van der Waals surface area (Å²) >= 11 is 0. The molecule has 9 heteroatoms. The number of ether oxygens (including phenoxy) is 1. The van der Waals surface area contributed by atoms with Gasteiger partial charge in [0.05, 0.1) is 12.8 Å². The highest BCUT2D eigenvalue weighted by Gasteiger charge is 2.24. The number of para-hydroxylation sites is 1. The zero-order valence-electron chi connectivity index (χ0n) is 17.6. The molecule has 0 N–H and O–H groups in total. The zero-order valence-corrected chi connectivity index (χ0v) is 17.6. The van der Waals surface area contributed by atoms with Gasteiger partial charge in [-0.3, -0.25) is 23.1 Å². The zero-order chi connectivity index (χ0) is 21.7. The molecule has 0 bridgehead atoms. The number of benzene rings is 1. The summed E-state index contributed by atoms with van der Waals surface area (Å²) in [6, 6.07) is 8.02. The number of esters is 1. The third-order valence-electron chi connectivity index (χ3n) is 5.65. The average Bonchev–Trinajstić information content (AvgIpc) is 3.25. The Kier molecular flexibility index (Phi) is 4.60. The molecular weight excluding hydrogens is 386 g/mol. The van der Waals surface area contributed by atoms with Gasteiger partial charge in [-0.1, -0.05) is 25.1 Å². The van der Waals surface area contributed by atoms with Gasteiger partial charge in [0.25, 0.3) is 5.56 Å². The number of imidazole rings is 2. The van der Waals surface area contributed by atoms with Gasteiger partial charge in [0, 0.05) is 18.4 Å². The van der Waals surface area contributed by atoms with Crippen molar-refractivity contribution in [3.05, 3.63) is 62.1 Å². The summed E-state index contributed by atoms with van der Waals surface area (Å²) in [7, 11) is 2.75. The first-order valence-corrected chi connectivity index (χ1v) is 9.66. The molecule has 0 aliphatic heterocycles. The van der Waals surface area contributed by atoms with Crippen molar-refractivity contribution in [3.8, 4) is 5.69 Å². The minimum atomic E-state index is -0.670. The van der Waals surface area contributed by atoms with Crippen molar-refractivity contribution < 1.29 is 9.53 Å². The quantitative estimate of drug-likeness (QED) is 0.476. The van der Waals surface area contributed by atoms with E-state index in [0.29, 0.717) is 5.78 Å². The van der Waals surface area contributed by atoms with Crippen LogP contribution in [0.5, 0.6) is 0 Å². The second-order valence-electron chi connectivity index (χ2n) is 7.22. The number of aromatic nitrogens is 5. The van der Waals surface area contributed by atoms with Crippen molar-refractivity contribution in [2.24, 2.45) is 7.05 Å². The highest BCUT2D eigenvalue weighted by molar-refractivity contribution is 5.78. The Morgan fingerprint density at radius 1 is 1.13 bits per heavy atom. The number of aryl methyl sites for hydroxylation is 3. The van der Waals surface area contributed by atoms with Gasteiger partial charge < -0.3 is 4.74 Å². The van der Waals surface area contributed by atoms with Crippen LogP contribution in [0.4, 0.5) is 0 Å². The van der Waals surface area contributed by atoms with E-state index in [1.54, 1.807) is 4.40 Å². The van der Waals surface area contributed by atoms with Gasteiger partial charge in [0.2, 0.25) is 5.78 Å². The maximum absolute atomic E-state index is 13.2. The highest BCUT2D eigenvalue weighted by Crippen LogP contribution is 2.26. The second kappa shape index (κ2) is 7.01. The van der Waals surface area contributed by atoms with Crippen LogP contribution in [0, 0.1) is 13.8 Å². The Bertz CT molecular complexity index is 1430. The lowest BCUT2D eigenvalue weighted by atomic mass is 10.1. The van der Waals surface area contributed by atoms with Crippen LogP contribution in [0.15, 0.2) is 33.9 Å². The Balaban J connectivity index is 2.16. The van der Waals surface area contributed by atoms with Crippen molar-refractivity contribution in [2.75, 3.05) is 7.11 Å². The smallest absolute Gasteiger partial charge is 0.333 e. The van der Waals surface area contributed by atoms with Crippen LogP contribution in [-0.4, -0.2) is 36.2 Å². The lowest BCUT2D eigenvalue weighted by Gasteiger charge is -2.11. The second-order valence-corrected chi connectivity index (χ2v) is 7.22. The van der Waals surface area contributed by atoms with Crippen LogP contribution in [0.1, 0.15) is 23.9 Å². The van der Waals surface area contributed by atoms with E-state index in [4.69, 9.17) is 0 Å². The van der Waals surface area contributed by atoms with Crippen molar-refractivity contribution >= 4 is 22.9 Å². The van der Waals surface area contributed by atoms with Crippen molar-refractivity contribution in [1.29, 1.82) is 0 Å². The minimum absolute atomic E-state index is 0.254. The number of fused-ring (bicyclic) bond motifs is 3. The number of hydrogen-bond acceptors (Lipinski definition) is 5. The molecule has 0 unspecified atom stereocenters. The predicted octanol–water partition coefficient (Wildman–Crippen LogP) is 1.49. The average molecular weight is 409 g/mol. The highest BCUT2D eigenvalue weighted by atomic mass is 16.5. The maximum atomic E-state index is 13.2. The number of rotatable bonds is 4.